The van der Waals surface area contributed by atoms with E-state index >= 15 is 0 Å². The molecule has 1 rings (SSSR count). The fraction of sp³-hybridized carbons (Fsp3) is 0.429. The molecule has 0 amide bonds. The van der Waals surface area contributed by atoms with Gasteiger partial charge in [-0.15, -0.1) is 0 Å². The third-order valence-corrected chi connectivity index (χ3v) is 3.70. The topological polar surface area (TPSA) is 80.2 Å². The Balaban J connectivity index is 2.02. The molecule has 1 atom stereocenters. The largest absolute Gasteiger partial charge is 0.461 e. The lowest BCUT2D eigenvalue weighted by Gasteiger charge is -2.12. The first-order valence-corrected chi connectivity index (χ1v) is 9.09. The highest BCUT2D eigenvalue weighted by Gasteiger charge is 2.06. The van der Waals surface area contributed by atoms with Gasteiger partial charge in [0.05, 0.1) is 12.7 Å². The molecule has 1 aromatic rings. The molecule has 0 aliphatic carbocycles. The van der Waals surface area contributed by atoms with Crippen molar-refractivity contribution in [3.05, 3.63) is 59.8 Å². The summed E-state index contributed by atoms with van der Waals surface area (Å²) in [7, 11) is 0. The van der Waals surface area contributed by atoms with E-state index in [2.05, 4.69) is 17.0 Å². The zero-order chi connectivity index (χ0) is 19.7. The second-order valence-electron chi connectivity index (χ2n) is 5.97. The zero-order valence-corrected chi connectivity index (χ0v) is 16.0. The number of aliphatic hydroxyl groups is 1. The van der Waals surface area contributed by atoms with Crippen LogP contribution in [0.3, 0.4) is 0 Å². The normalized spacial score (nSPS) is 12.9. The summed E-state index contributed by atoms with van der Waals surface area (Å²) in [6.07, 6.45) is 5.72. The average molecular weight is 374 g/mol. The molecule has 2 N–H and O–H groups in total. The number of carbonyl (C=O) groups excluding carboxylic acids is 1. The van der Waals surface area contributed by atoms with Gasteiger partial charge >= 0.3 is 5.97 Å². The second kappa shape index (κ2) is 14.8. The van der Waals surface area contributed by atoms with Crippen molar-refractivity contribution in [2.75, 3.05) is 26.3 Å². The van der Waals surface area contributed by atoms with Crippen molar-refractivity contribution in [1.82, 2.24) is 5.32 Å². The van der Waals surface area contributed by atoms with E-state index in [0.717, 1.165) is 11.1 Å². The van der Waals surface area contributed by atoms with Gasteiger partial charge in [0.1, 0.15) is 6.61 Å². The standard InChI is InChI=1S/C21H30N2O4/c1-3-18(11-12-22-2)14-23-15-20(24)17-26-13-7-10-21(25)27-16-19-8-5-4-6-9-19/h3-6,8-9,11-12,20,23-24H,2,7,10,13-17H2,1H3/b12-11-,18-3+. The Morgan fingerprint density at radius 2 is 2.15 bits per heavy atom. The first-order valence-electron chi connectivity index (χ1n) is 9.09. The number of hydrogen-bond donors (Lipinski definition) is 2. The fourth-order valence-electron chi connectivity index (χ4n) is 2.20. The molecule has 0 heterocycles. The van der Waals surface area contributed by atoms with Gasteiger partial charge < -0.3 is 19.9 Å². The van der Waals surface area contributed by atoms with Gasteiger partial charge in [0, 0.05) is 32.3 Å². The molecule has 1 aromatic carbocycles. The molecule has 0 radical (unpaired) electrons. The SMILES string of the molecule is C=N/C=C\C(=C/C)CNCC(O)COCCCC(=O)OCc1ccccc1. The highest BCUT2D eigenvalue weighted by molar-refractivity contribution is 5.69. The van der Waals surface area contributed by atoms with E-state index < -0.39 is 6.10 Å². The third kappa shape index (κ3) is 11.9. The van der Waals surface area contributed by atoms with Gasteiger partial charge in [0.2, 0.25) is 0 Å². The van der Waals surface area contributed by atoms with Crippen LogP contribution in [0.1, 0.15) is 25.3 Å². The second-order valence-corrected chi connectivity index (χ2v) is 5.97. The molecular weight excluding hydrogens is 344 g/mol. The van der Waals surface area contributed by atoms with Crippen molar-refractivity contribution >= 4 is 12.7 Å². The molecule has 148 valence electrons. The number of carbonyl (C=O) groups is 1. The summed E-state index contributed by atoms with van der Waals surface area (Å²) in [6, 6.07) is 9.57. The molecule has 1 unspecified atom stereocenters. The van der Waals surface area contributed by atoms with Crippen LogP contribution in [0, 0.1) is 0 Å². The van der Waals surface area contributed by atoms with Crippen molar-refractivity contribution in [2.45, 2.75) is 32.5 Å². The van der Waals surface area contributed by atoms with Gasteiger partial charge in [-0.25, -0.2) is 0 Å². The number of nitrogens with one attached hydrogen (secondary N) is 1. The van der Waals surface area contributed by atoms with Crippen LogP contribution in [0.15, 0.2) is 59.2 Å². The maximum absolute atomic E-state index is 11.7. The summed E-state index contributed by atoms with van der Waals surface area (Å²) < 4.78 is 10.6. The first kappa shape index (κ1) is 22.8. The minimum atomic E-state index is -0.602. The van der Waals surface area contributed by atoms with Gasteiger partial charge in [-0.05, 0) is 37.3 Å². The van der Waals surface area contributed by atoms with Crippen LogP contribution in [0.5, 0.6) is 0 Å². The Morgan fingerprint density at radius 1 is 1.37 bits per heavy atom. The highest BCUT2D eigenvalue weighted by Crippen LogP contribution is 2.03. The van der Waals surface area contributed by atoms with Crippen molar-refractivity contribution < 1.29 is 19.4 Å². The predicted molar refractivity (Wildman–Crippen MR) is 108 cm³/mol. The van der Waals surface area contributed by atoms with Crippen molar-refractivity contribution in [3.8, 4) is 0 Å². The molecule has 0 aliphatic heterocycles. The number of hydrogen-bond acceptors (Lipinski definition) is 6. The van der Waals surface area contributed by atoms with Crippen molar-refractivity contribution in [3.63, 3.8) is 0 Å². The van der Waals surface area contributed by atoms with Crippen LogP contribution in [0.4, 0.5) is 0 Å². The Labute approximate surface area is 161 Å². The minimum absolute atomic E-state index is 0.224. The summed E-state index contributed by atoms with van der Waals surface area (Å²) in [4.78, 5) is 15.3. The Bertz CT molecular complexity index is 599. The average Bonchev–Trinajstić information content (AvgIpc) is 2.69. The molecule has 27 heavy (non-hydrogen) atoms. The third-order valence-electron chi connectivity index (χ3n) is 3.70. The van der Waals surface area contributed by atoms with Gasteiger partial charge in [-0.1, -0.05) is 36.4 Å². The van der Waals surface area contributed by atoms with E-state index in [0.29, 0.717) is 32.5 Å². The molecule has 0 bridgehead atoms. The molecule has 0 aliphatic rings. The lowest BCUT2D eigenvalue weighted by atomic mass is 10.2. The van der Waals surface area contributed by atoms with Crippen molar-refractivity contribution in [2.24, 2.45) is 4.99 Å². The summed E-state index contributed by atoms with van der Waals surface area (Å²) in [5, 5.41) is 13.0. The lowest BCUT2D eigenvalue weighted by molar-refractivity contribution is -0.145. The molecular formula is C21H30N2O4. The number of rotatable bonds is 14. The summed E-state index contributed by atoms with van der Waals surface area (Å²) in [6.45, 7) is 7.30. The van der Waals surface area contributed by atoms with Crippen LogP contribution >= 0.6 is 0 Å². The maximum Gasteiger partial charge on any atom is 0.306 e. The van der Waals surface area contributed by atoms with Gasteiger partial charge in [0.15, 0.2) is 0 Å². The van der Waals surface area contributed by atoms with Crippen LogP contribution in [-0.4, -0.2) is 50.2 Å². The van der Waals surface area contributed by atoms with E-state index in [1.165, 1.54) is 0 Å². The summed E-state index contributed by atoms with van der Waals surface area (Å²) >= 11 is 0. The number of aliphatic imine (C=N–C) groups is 1. The molecule has 0 saturated carbocycles. The maximum atomic E-state index is 11.7. The number of aliphatic hydroxyl groups excluding tert-OH is 1. The van der Waals surface area contributed by atoms with E-state index in [-0.39, 0.29) is 19.2 Å². The Kier molecular flexibility index (Phi) is 12.5. The molecule has 0 saturated heterocycles. The molecule has 0 aromatic heterocycles. The van der Waals surface area contributed by atoms with Crippen LogP contribution in [0.25, 0.3) is 0 Å². The number of allylic oxidation sites excluding steroid dienone is 1. The smallest absolute Gasteiger partial charge is 0.306 e. The zero-order valence-electron chi connectivity index (χ0n) is 16.0. The summed E-state index contributed by atoms with van der Waals surface area (Å²) in [5.41, 5.74) is 2.03. The van der Waals surface area contributed by atoms with E-state index in [1.807, 2.05) is 49.4 Å². The van der Waals surface area contributed by atoms with Crippen LogP contribution in [0.2, 0.25) is 0 Å². The quantitative estimate of drug-likeness (QED) is 0.226. The molecule has 0 spiro atoms. The van der Waals surface area contributed by atoms with Gasteiger partial charge in [-0.3, -0.25) is 9.79 Å². The number of ether oxygens (including phenoxy) is 2. The van der Waals surface area contributed by atoms with Gasteiger partial charge in [0.25, 0.3) is 0 Å². The Hall–Kier alpha value is -2.28. The van der Waals surface area contributed by atoms with Gasteiger partial charge in [-0.2, -0.15) is 0 Å². The molecule has 0 fully saturated rings. The van der Waals surface area contributed by atoms with E-state index in [9.17, 15) is 9.90 Å². The predicted octanol–water partition coefficient (Wildman–Crippen LogP) is 2.64. The van der Waals surface area contributed by atoms with Crippen molar-refractivity contribution in [1.29, 1.82) is 0 Å². The van der Waals surface area contributed by atoms with Crippen LogP contribution in [-0.2, 0) is 20.9 Å². The summed E-state index contributed by atoms with van der Waals surface area (Å²) in [5.74, 6) is -0.245. The first-order chi connectivity index (χ1) is 13.2. The Morgan fingerprint density at radius 3 is 2.85 bits per heavy atom. The fourth-order valence-corrected chi connectivity index (χ4v) is 2.20. The van der Waals surface area contributed by atoms with E-state index in [1.54, 1.807) is 6.20 Å². The van der Waals surface area contributed by atoms with Crippen LogP contribution < -0.4 is 5.32 Å². The number of benzene rings is 1. The highest BCUT2D eigenvalue weighted by atomic mass is 16.5. The number of nitrogens with zero attached hydrogens (tertiary/aromatic N) is 1. The minimum Gasteiger partial charge on any atom is -0.461 e. The molecule has 6 nitrogen and oxygen atoms in total. The number of esters is 1. The lowest BCUT2D eigenvalue weighted by Crippen LogP contribution is -2.31. The van der Waals surface area contributed by atoms with E-state index in [4.69, 9.17) is 9.47 Å². The molecule has 6 heteroatoms. The monoisotopic (exact) mass is 374 g/mol.